The molecule has 0 radical (unpaired) electrons. The molecule has 1 aliphatic rings. The van der Waals surface area contributed by atoms with Crippen LogP contribution in [0.2, 0.25) is 0 Å². The maximum Gasteiger partial charge on any atom is 0.0195 e. The van der Waals surface area contributed by atoms with Crippen LogP contribution in [-0.4, -0.2) is 36.6 Å². The van der Waals surface area contributed by atoms with Crippen molar-refractivity contribution in [1.82, 2.24) is 10.2 Å². The van der Waals surface area contributed by atoms with E-state index in [1.54, 1.807) is 0 Å². The van der Waals surface area contributed by atoms with E-state index < -0.39 is 0 Å². The minimum Gasteiger partial charge on any atom is -0.313 e. The van der Waals surface area contributed by atoms with E-state index in [1.165, 1.54) is 38.8 Å². The summed E-state index contributed by atoms with van der Waals surface area (Å²) < 4.78 is 0. The lowest BCUT2D eigenvalue weighted by Gasteiger charge is -2.37. The third-order valence-corrected chi connectivity index (χ3v) is 3.28. The highest BCUT2D eigenvalue weighted by Crippen LogP contribution is 2.15. The van der Waals surface area contributed by atoms with Gasteiger partial charge in [-0.15, -0.1) is 0 Å². The summed E-state index contributed by atoms with van der Waals surface area (Å²) in [5, 5.41) is 3.57. The van der Waals surface area contributed by atoms with Gasteiger partial charge in [0.05, 0.1) is 0 Å². The van der Waals surface area contributed by atoms with Gasteiger partial charge in [-0.05, 0) is 39.3 Å². The first-order valence-electron chi connectivity index (χ1n) is 6.25. The Kier molecular flexibility index (Phi) is 5.49. The van der Waals surface area contributed by atoms with Crippen molar-refractivity contribution in [3.05, 3.63) is 0 Å². The van der Waals surface area contributed by atoms with Gasteiger partial charge in [-0.25, -0.2) is 0 Å². The van der Waals surface area contributed by atoms with Crippen LogP contribution in [0.15, 0.2) is 0 Å². The number of nitrogens with one attached hydrogen (secondary N) is 1. The summed E-state index contributed by atoms with van der Waals surface area (Å²) >= 11 is 0. The van der Waals surface area contributed by atoms with Gasteiger partial charge in [-0.2, -0.15) is 0 Å². The fraction of sp³-hybridized carbons (Fsp3) is 1.00. The fourth-order valence-corrected chi connectivity index (χ4v) is 2.46. The van der Waals surface area contributed by atoms with E-state index in [-0.39, 0.29) is 0 Å². The normalized spacial score (nSPS) is 26.4. The molecule has 0 aromatic rings. The molecule has 0 amide bonds. The minimum atomic E-state index is 0.744. The second-order valence-electron chi connectivity index (χ2n) is 4.53. The summed E-state index contributed by atoms with van der Waals surface area (Å²) in [5.41, 5.74) is 0. The number of likely N-dealkylation sites (tertiary alicyclic amines) is 1. The van der Waals surface area contributed by atoms with Crippen LogP contribution in [0.25, 0.3) is 0 Å². The van der Waals surface area contributed by atoms with Crippen LogP contribution < -0.4 is 5.32 Å². The van der Waals surface area contributed by atoms with Crippen LogP contribution in [0.5, 0.6) is 0 Å². The fourth-order valence-electron chi connectivity index (χ4n) is 2.46. The molecule has 0 bridgehead atoms. The van der Waals surface area contributed by atoms with Gasteiger partial charge in [0.1, 0.15) is 0 Å². The van der Waals surface area contributed by atoms with E-state index in [0.29, 0.717) is 0 Å². The van der Waals surface area contributed by atoms with E-state index in [2.05, 4.69) is 31.0 Å². The van der Waals surface area contributed by atoms with Crippen LogP contribution >= 0.6 is 0 Å². The Hall–Kier alpha value is -0.0800. The van der Waals surface area contributed by atoms with Crippen molar-refractivity contribution in [3.8, 4) is 0 Å². The van der Waals surface area contributed by atoms with Gasteiger partial charge in [0.2, 0.25) is 0 Å². The van der Waals surface area contributed by atoms with Gasteiger partial charge in [0.15, 0.2) is 0 Å². The molecule has 0 saturated carbocycles. The van der Waals surface area contributed by atoms with Crippen molar-refractivity contribution in [2.24, 2.45) is 0 Å². The molecule has 2 unspecified atom stereocenters. The zero-order valence-electron chi connectivity index (χ0n) is 10.1. The third kappa shape index (κ3) is 3.58. The Balaban J connectivity index is 2.31. The molecule has 1 heterocycles. The lowest BCUT2D eigenvalue weighted by atomic mass is 10.0. The zero-order valence-corrected chi connectivity index (χ0v) is 10.1. The molecule has 2 atom stereocenters. The molecule has 2 nitrogen and oxygen atoms in total. The van der Waals surface area contributed by atoms with Gasteiger partial charge < -0.3 is 5.32 Å². The van der Waals surface area contributed by atoms with E-state index in [9.17, 15) is 0 Å². The number of piperidine rings is 1. The average molecular weight is 198 g/mol. The van der Waals surface area contributed by atoms with Crippen LogP contribution in [0.1, 0.15) is 46.5 Å². The standard InChI is InChI=1S/C12H26N2/c1-4-7-11(3)14-9-6-8-12(10-14)13-5-2/h11-13H,4-10H2,1-3H3. The lowest BCUT2D eigenvalue weighted by Crippen LogP contribution is -2.48. The molecular weight excluding hydrogens is 172 g/mol. The van der Waals surface area contributed by atoms with Crippen LogP contribution in [0.3, 0.4) is 0 Å². The van der Waals surface area contributed by atoms with Gasteiger partial charge in [-0.3, -0.25) is 4.90 Å². The molecule has 84 valence electrons. The van der Waals surface area contributed by atoms with E-state index >= 15 is 0 Å². The van der Waals surface area contributed by atoms with Crippen LogP contribution in [0.4, 0.5) is 0 Å². The van der Waals surface area contributed by atoms with Crippen molar-refractivity contribution >= 4 is 0 Å². The molecule has 0 spiro atoms. The Morgan fingerprint density at radius 2 is 2.21 bits per heavy atom. The van der Waals surface area contributed by atoms with Crippen LogP contribution in [0, 0.1) is 0 Å². The van der Waals surface area contributed by atoms with Gasteiger partial charge in [0, 0.05) is 18.6 Å². The maximum absolute atomic E-state index is 3.57. The van der Waals surface area contributed by atoms with Gasteiger partial charge in [0.25, 0.3) is 0 Å². The molecule has 1 aliphatic heterocycles. The number of likely N-dealkylation sites (N-methyl/N-ethyl adjacent to an activating group) is 1. The molecule has 2 heteroatoms. The quantitative estimate of drug-likeness (QED) is 0.729. The van der Waals surface area contributed by atoms with Crippen molar-refractivity contribution in [2.45, 2.75) is 58.5 Å². The smallest absolute Gasteiger partial charge is 0.0195 e. The number of nitrogens with zero attached hydrogens (tertiary/aromatic N) is 1. The number of hydrogen-bond acceptors (Lipinski definition) is 2. The van der Waals surface area contributed by atoms with Crippen molar-refractivity contribution in [1.29, 1.82) is 0 Å². The predicted molar refractivity (Wildman–Crippen MR) is 62.6 cm³/mol. The van der Waals surface area contributed by atoms with Crippen molar-refractivity contribution in [3.63, 3.8) is 0 Å². The second-order valence-corrected chi connectivity index (χ2v) is 4.53. The second kappa shape index (κ2) is 6.41. The van der Waals surface area contributed by atoms with Crippen LogP contribution in [-0.2, 0) is 0 Å². The molecule has 0 aromatic carbocycles. The minimum absolute atomic E-state index is 0.744. The topological polar surface area (TPSA) is 15.3 Å². The van der Waals surface area contributed by atoms with E-state index in [1.807, 2.05) is 0 Å². The Labute approximate surface area is 89.1 Å². The number of rotatable bonds is 5. The van der Waals surface area contributed by atoms with Crippen molar-refractivity contribution < 1.29 is 0 Å². The largest absolute Gasteiger partial charge is 0.313 e. The maximum atomic E-state index is 3.57. The number of hydrogen-bond donors (Lipinski definition) is 1. The predicted octanol–water partition coefficient (Wildman–Crippen LogP) is 2.25. The first kappa shape index (κ1) is 12.0. The van der Waals surface area contributed by atoms with E-state index in [0.717, 1.165) is 18.6 Å². The summed E-state index contributed by atoms with van der Waals surface area (Å²) in [5.74, 6) is 0. The summed E-state index contributed by atoms with van der Waals surface area (Å²) in [6.07, 6.45) is 5.39. The highest BCUT2D eigenvalue weighted by molar-refractivity contribution is 4.80. The summed E-state index contributed by atoms with van der Waals surface area (Å²) in [7, 11) is 0. The Morgan fingerprint density at radius 1 is 1.43 bits per heavy atom. The summed E-state index contributed by atoms with van der Waals surface area (Å²) in [6, 6.07) is 1.52. The first-order valence-corrected chi connectivity index (χ1v) is 6.25. The summed E-state index contributed by atoms with van der Waals surface area (Å²) in [6.45, 7) is 10.5. The van der Waals surface area contributed by atoms with Gasteiger partial charge in [-0.1, -0.05) is 20.3 Å². The van der Waals surface area contributed by atoms with E-state index in [4.69, 9.17) is 0 Å². The zero-order chi connectivity index (χ0) is 10.4. The highest BCUT2D eigenvalue weighted by Gasteiger charge is 2.21. The highest BCUT2D eigenvalue weighted by atomic mass is 15.2. The Bertz CT molecular complexity index is 141. The molecule has 0 aromatic heterocycles. The molecule has 1 saturated heterocycles. The van der Waals surface area contributed by atoms with Crippen molar-refractivity contribution in [2.75, 3.05) is 19.6 Å². The molecule has 0 aliphatic carbocycles. The third-order valence-electron chi connectivity index (χ3n) is 3.28. The summed E-state index contributed by atoms with van der Waals surface area (Å²) in [4.78, 5) is 2.65. The molecule has 1 fully saturated rings. The molecule has 1 rings (SSSR count). The Morgan fingerprint density at radius 3 is 2.86 bits per heavy atom. The lowest BCUT2D eigenvalue weighted by molar-refractivity contribution is 0.140. The first-order chi connectivity index (χ1) is 6.77. The molecular formula is C12H26N2. The SMILES string of the molecule is CCCC(C)N1CCCC(NCC)C1. The average Bonchev–Trinajstić information content (AvgIpc) is 2.19. The molecule has 14 heavy (non-hydrogen) atoms. The molecule has 1 N–H and O–H groups in total. The monoisotopic (exact) mass is 198 g/mol. The van der Waals surface area contributed by atoms with Gasteiger partial charge >= 0.3 is 0 Å².